The summed E-state index contributed by atoms with van der Waals surface area (Å²) in [7, 11) is -4.08. The lowest BCUT2D eigenvalue weighted by Crippen LogP contribution is -2.45. The molecule has 2 aromatic rings. The maximum atomic E-state index is 12.9. The fourth-order valence-electron chi connectivity index (χ4n) is 3.02. The Balaban J connectivity index is 1.64. The molecule has 1 amide bonds. The molecule has 1 aliphatic rings. The third kappa shape index (κ3) is 6.37. The molecule has 0 fully saturated rings. The first-order chi connectivity index (χ1) is 15.6. The van der Waals surface area contributed by atoms with Gasteiger partial charge in [-0.1, -0.05) is 31.5 Å². The number of halogens is 1. The van der Waals surface area contributed by atoms with E-state index in [1.165, 1.54) is 18.2 Å². The van der Waals surface area contributed by atoms with Crippen molar-refractivity contribution < 1.29 is 32.2 Å². The van der Waals surface area contributed by atoms with E-state index in [0.29, 0.717) is 35.4 Å². The fraction of sp³-hybridized carbons (Fsp3) is 0.364. The van der Waals surface area contributed by atoms with Gasteiger partial charge >= 0.3 is 5.97 Å². The number of anilines is 1. The van der Waals surface area contributed by atoms with Gasteiger partial charge in [-0.25, -0.2) is 8.42 Å². The summed E-state index contributed by atoms with van der Waals surface area (Å²) in [6, 6.07) is 8.07. The van der Waals surface area contributed by atoms with Crippen molar-refractivity contribution in [3.05, 3.63) is 47.0 Å². The fourth-order valence-corrected chi connectivity index (χ4v) is 4.65. The Labute approximate surface area is 197 Å². The van der Waals surface area contributed by atoms with Crippen LogP contribution in [0, 0.1) is 12.8 Å². The van der Waals surface area contributed by atoms with Crippen molar-refractivity contribution in [2.75, 3.05) is 25.1 Å². The van der Waals surface area contributed by atoms with Crippen molar-refractivity contribution in [1.29, 1.82) is 0 Å². The molecule has 0 radical (unpaired) electrons. The zero-order chi connectivity index (χ0) is 24.2. The summed E-state index contributed by atoms with van der Waals surface area (Å²) in [4.78, 5) is 24.7. The molecule has 0 saturated carbocycles. The van der Waals surface area contributed by atoms with Gasteiger partial charge in [0.2, 0.25) is 10.0 Å². The van der Waals surface area contributed by atoms with Gasteiger partial charge < -0.3 is 19.5 Å². The van der Waals surface area contributed by atoms with Crippen molar-refractivity contribution in [2.45, 2.75) is 31.7 Å². The Morgan fingerprint density at radius 1 is 1.09 bits per heavy atom. The normalized spacial score (nSPS) is 14.0. The van der Waals surface area contributed by atoms with Crippen molar-refractivity contribution in [1.82, 2.24) is 4.72 Å². The predicted octanol–water partition coefficient (Wildman–Crippen LogP) is 2.90. The first kappa shape index (κ1) is 24.8. The summed E-state index contributed by atoms with van der Waals surface area (Å²) in [6.07, 6.45) is 0. The Kier molecular flexibility index (Phi) is 7.83. The van der Waals surface area contributed by atoms with E-state index < -0.39 is 40.5 Å². The molecular weight excluding hydrogens is 472 g/mol. The van der Waals surface area contributed by atoms with Crippen LogP contribution in [0.25, 0.3) is 0 Å². The molecule has 0 saturated heterocycles. The summed E-state index contributed by atoms with van der Waals surface area (Å²) in [6.45, 7) is 5.26. The third-order valence-electron chi connectivity index (χ3n) is 4.77. The number of sulfonamides is 1. The van der Waals surface area contributed by atoms with E-state index in [0.717, 1.165) is 5.56 Å². The molecule has 3 rings (SSSR count). The Morgan fingerprint density at radius 2 is 1.79 bits per heavy atom. The molecule has 0 unspecified atom stereocenters. The van der Waals surface area contributed by atoms with Crippen molar-refractivity contribution in [3.63, 3.8) is 0 Å². The average Bonchev–Trinajstić information content (AvgIpc) is 2.77. The van der Waals surface area contributed by atoms with Crippen LogP contribution in [0.5, 0.6) is 11.5 Å². The molecule has 0 spiro atoms. The van der Waals surface area contributed by atoms with Crippen molar-refractivity contribution in [3.8, 4) is 11.5 Å². The standard InChI is InChI=1S/C22H25ClN2O7S/c1-13(2)21(22(27)32-12-20(26)24-17-6-4-14(3)10-16(17)23)25-33(28,29)15-5-7-18-19(11-15)31-9-8-30-18/h4-7,10-11,13,21,25H,8-9,12H2,1-3H3,(H,24,26)/t21-/m0/s1. The second-order valence-electron chi connectivity index (χ2n) is 7.79. The van der Waals surface area contributed by atoms with Gasteiger partial charge in [-0.3, -0.25) is 9.59 Å². The van der Waals surface area contributed by atoms with E-state index in [-0.39, 0.29) is 4.90 Å². The summed E-state index contributed by atoms with van der Waals surface area (Å²) < 4.78 is 44.0. The SMILES string of the molecule is Cc1ccc(NC(=O)COC(=O)[C@@H](NS(=O)(=O)c2ccc3c(c2)OCCO3)C(C)C)c(Cl)c1. The molecule has 0 aliphatic carbocycles. The number of esters is 1. The van der Waals surface area contributed by atoms with Gasteiger partial charge in [0.1, 0.15) is 19.3 Å². The molecule has 1 heterocycles. The number of ether oxygens (including phenoxy) is 3. The van der Waals surface area contributed by atoms with Crippen LogP contribution in [0.2, 0.25) is 5.02 Å². The molecule has 0 bridgehead atoms. The van der Waals surface area contributed by atoms with Crippen LogP contribution in [-0.2, 0) is 24.3 Å². The number of carbonyl (C=O) groups is 2. The van der Waals surface area contributed by atoms with Crippen LogP contribution >= 0.6 is 11.6 Å². The van der Waals surface area contributed by atoms with Crippen molar-refractivity contribution >= 4 is 39.2 Å². The minimum atomic E-state index is -4.08. The Bertz CT molecular complexity index is 1150. The van der Waals surface area contributed by atoms with Crippen LogP contribution in [0.1, 0.15) is 19.4 Å². The molecule has 178 valence electrons. The van der Waals surface area contributed by atoms with E-state index in [4.69, 9.17) is 25.8 Å². The number of hydrogen-bond acceptors (Lipinski definition) is 7. The third-order valence-corrected chi connectivity index (χ3v) is 6.52. The predicted molar refractivity (Wildman–Crippen MR) is 122 cm³/mol. The van der Waals surface area contributed by atoms with Crippen LogP contribution in [0.4, 0.5) is 5.69 Å². The molecule has 1 aliphatic heterocycles. The maximum absolute atomic E-state index is 12.9. The molecule has 0 aromatic heterocycles. The number of aryl methyl sites for hydroxylation is 1. The van der Waals surface area contributed by atoms with Gasteiger partial charge in [-0.2, -0.15) is 4.72 Å². The smallest absolute Gasteiger partial charge is 0.324 e. The number of amides is 1. The highest BCUT2D eigenvalue weighted by Gasteiger charge is 2.31. The molecule has 9 nitrogen and oxygen atoms in total. The van der Waals surface area contributed by atoms with Crippen LogP contribution in [0.3, 0.4) is 0 Å². The molecule has 1 atom stereocenters. The number of hydrogen-bond donors (Lipinski definition) is 2. The summed E-state index contributed by atoms with van der Waals surface area (Å²) >= 11 is 6.09. The van der Waals surface area contributed by atoms with E-state index in [1.807, 2.05) is 6.92 Å². The van der Waals surface area contributed by atoms with Gasteiger partial charge in [-0.05, 0) is 42.7 Å². The van der Waals surface area contributed by atoms with Gasteiger partial charge in [0.25, 0.3) is 5.91 Å². The largest absolute Gasteiger partial charge is 0.486 e. The number of rotatable bonds is 8. The lowest BCUT2D eigenvalue weighted by Gasteiger charge is -2.22. The van der Waals surface area contributed by atoms with E-state index in [1.54, 1.807) is 32.0 Å². The zero-order valence-corrected chi connectivity index (χ0v) is 20.0. The molecule has 33 heavy (non-hydrogen) atoms. The van der Waals surface area contributed by atoms with Gasteiger partial charge in [0.15, 0.2) is 18.1 Å². The van der Waals surface area contributed by atoms with Gasteiger partial charge in [0, 0.05) is 6.07 Å². The van der Waals surface area contributed by atoms with Crippen LogP contribution in [-0.4, -0.2) is 46.2 Å². The maximum Gasteiger partial charge on any atom is 0.324 e. The second kappa shape index (κ2) is 10.4. The number of nitrogens with one attached hydrogen (secondary N) is 2. The highest BCUT2D eigenvalue weighted by atomic mass is 35.5. The first-order valence-corrected chi connectivity index (χ1v) is 12.1. The molecule has 2 aromatic carbocycles. The zero-order valence-electron chi connectivity index (χ0n) is 18.4. The molecule has 2 N–H and O–H groups in total. The highest BCUT2D eigenvalue weighted by Crippen LogP contribution is 2.32. The van der Waals surface area contributed by atoms with Crippen LogP contribution < -0.4 is 19.5 Å². The Morgan fingerprint density at radius 3 is 2.45 bits per heavy atom. The minimum absolute atomic E-state index is 0.0862. The van der Waals surface area contributed by atoms with Gasteiger partial charge in [0.05, 0.1) is 15.6 Å². The quantitative estimate of drug-likeness (QED) is 0.539. The topological polar surface area (TPSA) is 120 Å². The second-order valence-corrected chi connectivity index (χ2v) is 9.91. The van der Waals surface area contributed by atoms with Gasteiger partial charge in [-0.15, -0.1) is 0 Å². The molecular formula is C22H25ClN2O7S. The lowest BCUT2D eigenvalue weighted by molar-refractivity contribution is -0.150. The summed E-state index contributed by atoms with van der Waals surface area (Å²) in [5.74, 6) is -1.18. The lowest BCUT2D eigenvalue weighted by atomic mass is 10.1. The summed E-state index contributed by atoms with van der Waals surface area (Å²) in [5.41, 5.74) is 1.30. The van der Waals surface area contributed by atoms with Crippen molar-refractivity contribution in [2.24, 2.45) is 5.92 Å². The average molecular weight is 497 g/mol. The number of carbonyl (C=O) groups excluding carboxylic acids is 2. The van der Waals surface area contributed by atoms with E-state index in [2.05, 4.69) is 10.0 Å². The monoisotopic (exact) mass is 496 g/mol. The van der Waals surface area contributed by atoms with E-state index >= 15 is 0 Å². The highest BCUT2D eigenvalue weighted by molar-refractivity contribution is 7.89. The number of fused-ring (bicyclic) bond motifs is 1. The summed E-state index contributed by atoms with van der Waals surface area (Å²) in [5, 5.41) is 2.90. The van der Waals surface area contributed by atoms with Crippen LogP contribution in [0.15, 0.2) is 41.3 Å². The Hall–Kier alpha value is -2.82. The molecule has 11 heteroatoms. The first-order valence-electron chi connectivity index (χ1n) is 10.2. The number of benzene rings is 2. The van der Waals surface area contributed by atoms with E-state index in [9.17, 15) is 18.0 Å². The minimum Gasteiger partial charge on any atom is -0.486 e.